The van der Waals surface area contributed by atoms with E-state index in [-0.39, 0.29) is 11.9 Å². The average molecular weight is 234 g/mol. The van der Waals surface area contributed by atoms with E-state index in [4.69, 9.17) is 5.73 Å². The lowest BCUT2D eigenvalue weighted by Gasteiger charge is -2.18. The first-order valence-electron chi connectivity index (χ1n) is 6.00. The monoisotopic (exact) mass is 234 g/mol. The summed E-state index contributed by atoms with van der Waals surface area (Å²) in [5, 5.41) is 2.99. The van der Waals surface area contributed by atoms with Gasteiger partial charge in [0, 0.05) is 17.3 Å². The SMILES string of the molecule is Cc1cc(C)c(C(=O)NC(C)C(C)C)cc1N. The normalized spacial score (nSPS) is 12.6. The first kappa shape index (κ1) is 13.6. The highest BCUT2D eigenvalue weighted by Crippen LogP contribution is 2.18. The molecule has 1 amide bonds. The molecule has 0 bridgehead atoms. The molecule has 0 heterocycles. The number of hydrogen-bond donors (Lipinski definition) is 2. The van der Waals surface area contributed by atoms with Crippen LogP contribution in [0.15, 0.2) is 12.1 Å². The summed E-state index contributed by atoms with van der Waals surface area (Å²) in [4.78, 5) is 12.1. The van der Waals surface area contributed by atoms with Crippen LogP contribution in [-0.2, 0) is 0 Å². The maximum atomic E-state index is 12.1. The van der Waals surface area contributed by atoms with Gasteiger partial charge < -0.3 is 11.1 Å². The number of aryl methyl sites for hydroxylation is 2. The van der Waals surface area contributed by atoms with Crippen LogP contribution in [0.25, 0.3) is 0 Å². The van der Waals surface area contributed by atoms with Gasteiger partial charge in [-0.15, -0.1) is 0 Å². The van der Waals surface area contributed by atoms with Gasteiger partial charge in [0.25, 0.3) is 5.91 Å². The van der Waals surface area contributed by atoms with Crippen molar-refractivity contribution in [1.29, 1.82) is 0 Å². The molecule has 0 aliphatic carbocycles. The van der Waals surface area contributed by atoms with Crippen molar-refractivity contribution < 1.29 is 4.79 Å². The van der Waals surface area contributed by atoms with Gasteiger partial charge in [-0.1, -0.05) is 19.9 Å². The van der Waals surface area contributed by atoms with Gasteiger partial charge in [-0.2, -0.15) is 0 Å². The molecular formula is C14H22N2O. The number of rotatable bonds is 3. The molecule has 0 fully saturated rings. The molecule has 17 heavy (non-hydrogen) atoms. The molecular weight excluding hydrogens is 212 g/mol. The Morgan fingerprint density at radius 2 is 1.76 bits per heavy atom. The van der Waals surface area contributed by atoms with E-state index < -0.39 is 0 Å². The lowest BCUT2D eigenvalue weighted by atomic mass is 10.0. The van der Waals surface area contributed by atoms with Gasteiger partial charge >= 0.3 is 0 Å². The molecule has 3 heteroatoms. The van der Waals surface area contributed by atoms with E-state index in [2.05, 4.69) is 19.2 Å². The van der Waals surface area contributed by atoms with Crippen molar-refractivity contribution in [3.63, 3.8) is 0 Å². The maximum Gasteiger partial charge on any atom is 0.251 e. The lowest BCUT2D eigenvalue weighted by molar-refractivity contribution is 0.0930. The minimum atomic E-state index is -0.0459. The Morgan fingerprint density at radius 3 is 2.29 bits per heavy atom. The zero-order valence-corrected chi connectivity index (χ0v) is 11.3. The smallest absolute Gasteiger partial charge is 0.251 e. The van der Waals surface area contributed by atoms with Crippen LogP contribution in [0.3, 0.4) is 0 Å². The summed E-state index contributed by atoms with van der Waals surface area (Å²) in [6.45, 7) is 10.1. The van der Waals surface area contributed by atoms with Crippen molar-refractivity contribution in [2.45, 2.75) is 40.7 Å². The minimum absolute atomic E-state index is 0.0459. The zero-order valence-electron chi connectivity index (χ0n) is 11.3. The average Bonchev–Trinajstić information content (AvgIpc) is 2.22. The molecule has 0 saturated carbocycles. The molecule has 1 aromatic carbocycles. The van der Waals surface area contributed by atoms with Crippen LogP contribution >= 0.6 is 0 Å². The standard InChI is InChI=1S/C14H22N2O/c1-8(2)11(5)16-14(17)12-7-13(15)10(4)6-9(12)3/h6-8,11H,15H2,1-5H3,(H,16,17). The summed E-state index contributed by atoms with van der Waals surface area (Å²) in [6.07, 6.45) is 0. The summed E-state index contributed by atoms with van der Waals surface area (Å²) >= 11 is 0. The second-order valence-electron chi connectivity index (χ2n) is 5.03. The number of nitrogens with two attached hydrogens (primary N) is 1. The second-order valence-corrected chi connectivity index (χ2v) is 5.03. The Labute approximate surface area is 103 Å². The van der Waals surface area contributed by atoms with Crippen LogP contribution in [0, 0.1) is 19.8 Å². The van der Waals surface area contributed by atoms with E-state index in [0.29, 0.717) is 17.2 Å². The van der Waals surface area contributed by atoms with Crippen LogP contribution in [-0.4, -0.2) is 11.9 Å². The Hall–Kier alpha value is -1.51. The molecule has 0 saturated heterocycles. The van der Waals surface area contributed by atoms with Crippen LogP contribution < -0.4 is 11.1 Å². The third kappa shape index (κ3) is 3.22. The van der Waals surface area contributed by atoms with Gasteiger partial charge in [0.05, 0.1) is 0 Å². The first-order valence-corrected chi connectivity index (χ1v) is 6.00. The summed E-state index contributed by atoms with van der Waals surface area (Å²) in [7, 11) is 0. The van der Waals surface area contributed by atoms with Crippen LogP contribution in [0.5, 0.6) is 0 Å². The van der Waals surface area contributed by atoms with Crippen molar-refractivity contribution in [3.05, 3.63) is 28.8 Å². The molecule has 94 valence electrons. The Balaban J connectivity index is 2.93. The highest BCUT2D eigenvalue weighted by molar-refractivity contribution is 5.96. The Bertz CT molecular complexity index is 424. The molecule has 0 aromatic heterocycles. The largest absolute Gasteiger partial charge is 0.398 e. The maximum absolute atomic E-state index is 12.1. The number of carbonyl (C=O) groups is 1. The van der Waals surface area contributed by atoms with Gasteiger partial charge in [-0.05, 0) is 43.9 Å². The van der Waals surface area contributed by atoms with Crippen LogP contribution in [0.2, 0.25) is 0 Å². The number of amides is 1. The van der Waals surface area contributed by atoms with E-state index >= 15 is 0 Å². The van der Waals surface area contributed by atoms with Crippen molar-refractivity contribution in [2.24, 2.45) is 5.92 Å². The Morgan fingerprint density at radius 1 is 1.18 bits per heavy atom. The van der Waals surface area contributed by atoms with Crippen molar-refractivity contribution >= 4 is 11.6 Å². The van der Waals surface area contributed by atoms with Crippen molar-refractivity contribution in [1.82, 2.24) is 5.32 Å². The Kier molecular flexibility index (Phi) is 4.16. The van der Waals surface area contributed by atoms with Gasteiger partial charge in [0.2, 0.25) is 0 Å². The van der Waals surface area contributed by atoms with Gasteiger partial charge in [-0.25, -0.2) is 0 Å². The van der Waals surface area contributed by atoms with E-state index in [1.165, 1.54) is 0 Å². The third-order valence-corrected chi connectivity index (χ3v) is 3.22. The summed E-state index contributed by atoms with van der Waals surface area (Å²) < 4.78 is 0. The second kappa shape index (κ2) is 5.21. The highest BCUT2D eigenvalue weighted by atomic mass is 16.1. The summed E-state index contributed by atoms with van der Waals surface area (Å²) in [6, 6.07) is 3.86. The molecule has 3 nitrogen and oxygen atoms in total. The molecule has 0 radical (unpaired) electrons. The first-order chi connectivity index (χ1) is 7.82. The number of anilines is 1. The summed E-state index contributed by atoms with van der Waals surface area (Å²) in [5.41, 5.74) is 9.14. The fourth-order valence-electron chi connectivity index (χ4n) is 1.56. The van der Waals surface area contributed by atoms with Crippen molar-refractivity contribution in [3.8, 4) is 0 Å². The van der Waals surface area contributed by atoms with Gasteiger partial charge in [0.1, 0.15) is 0 Å². The van der Waals surface area contributed by atoms with E-state index in [1.54, 1.807) is 6.07 Å². The molecule has 0 aliphatic rings. The van der Waals surface area contributed by atoms with Crippen LogP contribution in [0.1, 0.15) is 42.3 Å². The van der Waals surface area contributed by atoms with Crippen molar-refractivity contribution in [2.75, 3.05) is 5.73 Å². The minimum Gasteiger partial charge on any atom is -0.398 e. The molecule has 3 N–H and O–H groups in total. The van der Waals surface area contributed by atoms with Crippen LogP contribution in [0.4, 0.5) is 5.69 Å². The quantitative estimate of drug-likeness (QED) is 0.790. The van der Waals surface area contributed by atoms with E-state index in [1.807, 2.05) is 26.8 Å². The molecule has 0 spiro atoms. The lowest BCUT2D eigenvalue weighted by Crippen LogP contribution is -2.36. The highest BCUT2D eigenvalue weighted by Gasteiger charge is 2.15. The van der Waals surface area contributed by atoms with Gasteiger partial charge in [0.15, 0.2) is 0 Å². The number of benzene rings is 1. The summed E-state index contributed by atoms with van der Waals surface area (Å²) in [5.74, 6) is 0.373. The zero-order chi connectivity index (χ0) is 13.2. The fraction of sp³-hybridized carbons (Fsp3) is 0.500. The molecule has 1 unspecified atom stereocenters. The topological polar surface area (TPSA) is 55.1 Å². The predicted molar refractivity (Wildman–Crippen MR) is 72.1 cm³/mol. The number of carbonyl (C=O) groups excluding carboxylic acids is 1. The fourth-order valence-corrected chi connectivity index (χ4v) is 1.56. The van der Waals surface area contributed by atoms with E-state index in [9.17, 15) is 4.79 Å². The molecule has 0 aliphatic heterocycles. The molecule has 1 rings (SSSR count). The molecule has 1 aromatic rings. The number of nitrogen functional groups attached to an aromatic ring is 1. The number of hydrogen-bond acceptors (Lipinski definition) is 2. The van der Waals surface area contributed by atoms with E-state index in [0.717, 1.165) is 11.1 Å². The predicted octanol–water partition coefficient (Wildman–Crippen LogP) is 2.66. The molecule has 1 atom stereocenters. The third-order valence-electron chi connectivity index (χ3n) is 3.22. The van der Waals surface area contributed by atoms with Gasteiger partial charge in [-0.3, -0.25) is 4.79 Å². The number of nitrogens with one attached hydrogen (secondary N) is 1.